The van der Waals surface area contributed by atoms with Crippen LogP contribution in [0.4, 0.5) is 17.6 Å². The van der Waals surface area contributed by atoms with Crippen LogP contribution in [0.2, 0.25) is 0 Å². The van der Waals surface area contributed by atoms with Crippen LogP contribution in [0.1, 0.15) is 37.8 Å². The number of hydrogen-bond donors (Lipinski definition) is 0. The molecule has 0 radical (unpaired) electrons. The predicted octanol–water partition coefficient (Wildman–Crippen LogP) is 6.05. The van der Waals surface area contributed by atoms with Crippen molar-refractivity contribution in [3.05, 3.63) is 46.5 Å². The van der Waals surface area contributed by atoms with Gasteiger partial charge in [0.15, 0.2) is 23.3 Å². The highest BCUT2D eigenvalue weighted by Gasteiger charge is 2.24. The van der Waals surface area contributed by atoms with Gasteiger partial charge in [-0.15, -0.1) is 0 Å². The Morgan fingerprint density at radius 2 is 1.09 bits per heavy atom. The molecule has 0 saturated carbocycles. The Morgan fingerprint density at radius 1 is 0.696 bits per heavy atom. The molecule has 23 heavy (non-hydrogen) atoms. The van der Waals surface area contributed by atoms with Crippen LogP contribution in [0.25, 0.3) is 21.9 Å². The highest BCUT2D eigenvalue weighted by atomic mass is 19.2. The normalized spacial score (nSPS) is 11.7. The van der Waals surface area contributed by atoms with Gasteiger partial charge in [0.2, 0.25) is 0 Å². The lowest BCUT2D eigenvalue weighted by Gasteiger charge is -2.04. The zero-order valence-corrected chi connectivity index (χ0v) is 12.9. The largest absolute Gasteiger partial charge is 0.456 e. The van der Waals surface area contributed by atoms with Gasteiger partial charge in [0.05, 0.1) is 10.8 Å². The molecule has 0 aliphatic rings. The number of furan rings is 1. The zero-order chi connectivity index (χ0) is 16.7. The van der Waals surface area contributed by atoms with Crippen molar-refractivity contribution in [1.29, 1.82) is 0 Å². The molecule has 1 aromatic heterocycles. The lowest BCUT2D eigenvalue weighted by Crippen LogP contribution is -1.97. The highest BCUT2D eigenvalue weighted by molar-refractivity contribution is 6.06. The molecular formula is C18H16F4O. The topological polar surface area (TPSA) is 13.1 Å². The van der Waals surface area contributed by atoms with E-state index < -0.39 is 23.3 Å². The summed E-state index contributed by atoms with van der Waals surface area (Å²) >= 11 is 0. The number of fused-ring (bicyclic) bond motifs is 3. The van der Waals surface area contributed by atoms with E-state index >= 15 is 0 Å². The van der Waals surface area contributed by atoms with E-state index in [-0.39, 0.29) is 33.1 Å². The first-order valence-corrected chi connectivity index (χ1v) is 7.69. The third kappa shape index (κ3) is 2.38. The van der Waals surface area contributed by atoms with Gasteiger partial charge >= 0.3 is 0 Å². The molecule has 122 valence electrons. The smallest absolute Gasteiger partial charge is 0.170 e. The first-order chi connectivity index (χ1) is 11.0. The van der Waals surface area contributed by atoms with E-state index in [1.807, 2.05) is 13.8 Å². The molecule has 0 unspecified atom stereocenters. The summed E-state index contributed by atoms with van der Waals surface area (Å²) in [5.74, 6) is -4.43. The van der Waals surface area contributed by atoms with Crippen LogP contribution < -0.4 is 0 Å². The molecule has 3 aromatic rings. The second-order valence-electron chi connectivity index (χ2n) is 5.68. The van der Waals surface area contributed by atoms with Crippen molar-refractivity contribution >= 4 is 21.9 Å². The van der Waals surface area contributed by atoms with Gasteiger partial charge in [0, 0.05) is 0 Å². The zero-order valence-electron chi connectivity index (χ0n) is 12.9. The molecule has 0 bridgehead atoms. The Labute approximate surface area is 130 Å². The molecule has 0 amide bonds. The lowest BCUT2D eigenvalue weighted by molar-refractivity contribution is 0.502. The average molecular weight is 324 g/mol. The first kappa shape index (κ1) is 15.8. The number of benzene rings is 2. The van der Waals surface area contributed by atoms with Gasteiger partial charge in [-0.25, -0.2) is 17.6 Å². The van der Waals surface area contributed by atoms with Crippen LogP contribution in [-0.4, -0.2) is 0 Å². The fraction of sp³-hybridized carbons (Fsp3) is 0.333. The van der Waals surface area contributed by atoms with Crippen LogP contribution in [0.15, 0.2) is 16.5 Å². The molecule has 0 N–H and O–H groups in total. The molecule has 0 atom stereocenters. The van der Waals surface area contributed by atoms with Crippen molar-refractivity contribution < 1.29 is 22.0 Å². The Hall–Kier alpha value is -2.04. The molecule has 2 aromatic carbocycles. The summed E-state index contributed by atoms with van der Waals surface area (Å²) in [6.07, 6.45) is 1.94. The Kier molecular flexibility index (Phi) is 4.04. The summed E-state index contributed by atoms with van der Waals surface area (Å²) in [6.45, 7) is 3.68. The van der Waals surface area contributed by atoms with Gasteiger partial charge in [-0.2, -0.15) is 0 Å². The Morgan fingerprint density at radius 3 is 1.43 bits per heavy atom. The summed E-state index contributed by atoms with van der Waals surface area (Å²) < 4.78 is 62.5. The van der Waals surface area contributed by atoms with Gasteiger partial charge in [0.1, 0.15) is 11.2 Å². The minimum Gasteiger partial charge on any atom is -0.456 e. The molecule has 1 heterocycles. The molecule has 5 heteroatoms. The van der Waals surface area contributed by atoms with Gasteiger partial charge in [0.25, 0.3) is 0 Å². The van der Waals surface area contributed by atoms with E-state index in [0.29, 0.717) is 25.7 Å². The fourth-order valence-corrected chi connectivity index (χ4v) is 2.95. The minimum absolute atomic E-state index is 0.0364. The molecular weight excluding hydrogens is 308 g/mol. The van der Waals surface area contributed by atoms with Crippen LogP contribution >= 0.6 is 0 Å². The first-order valence-electron chi connectivity index (χ1n) is 7.69. The maximum absolute atomic E-state index is 14.4. The quantitative estimate of drug-likeness (QED) is 0.533. The number of aryl methyl sites for hydroxylation is 2. The standard InChI is InChI=1S/C18H16F4O/c1-3-5-9-7-11-13(17(21)15(9)19)14-12(23-11)8-10(6-4-2)16(20)18(14)22/h7-8H,3-6H2,1-2H3. The Bertz CT molecular complexity index is 823. The van der Waals surface area contributed by atoms with E-state index in [1.54, 1.807) is 0 Å². The predicted molar refractivity (Wildman–Crippen MR) is 81.5 cm³/mol. The summed E-state index contributed by atoms with van der Waals surface area (Å²) in [5.41, 5.74) is 0.418. The van der Waals surface area contributed by atoms with Crippen molar-refractivity contribution in [3.8, 4) is 0 Å². The molecule has 3 rings (SSSR count). The monoisotopic (exact) mass is 324 g/mol. The minimum atomic E-state index is -1.19. The van der Waals surface area contributed by atoms with E-state index in [1.165, 1.54) is 12.1 Å². The number of hydrogen-bond acceptors (Lipinski definition) is 1. The maximum Gasteiger partial charge on any atom is 0.170 e. The van der Waals surface area contributed by atoms with Crippen molar-refractivity contribution in [2.45, 2.75) is 39.5 Å². The summed E-state index contributed by atoms with van der Waals surface area (Å²) in [6, 6.07) is 2.74. The molecule has 0 spiro atoms. The van der Waals surface area contributed by atoms with Crippen LogP contribution in [-0.2, 0) is 12.8 Å². The molecule has 0 fully saturated rings. The molecule has 1 nitrogen and oxygen atoms in total. The van der Waals surface area contributed by atoms with Crippen molar-refractivity contribution in [3.63, 3.8) is 0 Å². The highest BCUT2D eigenvalue weighted by Crippen LogP contribution is 2.37. The number of rotatable bonds is 4. The van der Waals surface area contributed by atoms with E-state index in [0.717, 1.165) is 0 Å². The second kappa shape index (κ2) is 5.87. The molecule has 0 aliphatic carbocycles. The van der Waals surface area contributed by atoms with Crippen molar-refractivity contribution in [2.24, 2.45) is 0 Å². The van der Waals surface area contributed by atoms with E-state index in [4.69, 9.17) is 4.42 Å². The maximum atomic E-state index is 14.4. The fourth-order valence-electron chi connectivity index (χ4n) is 2.95. The lowest BCUT2D eigenvalue weighted by atomic mass is 10.0. The molecule has 0 aliphatic heterocycles. The third-order valence-corrected chi connectivity index (χ3v) is 4.00. The van der Waals surface area contributed by atoms with Gasteiger partial charge in [-0.05, 0) is 36.1 Å². The van der Waals surface area contributed by atoms with Gasteiger partial charge in [-0.3, -0.25) is 0 Å². The van der Waals surface area contributed by atoms with Crippen molar-refractivity contribution in [1.82, 2.24) is 0 Å². The van der Waals surface area contributed by atoms with E-state index in [9.17, 15) is 17.6 Å². The number of halogens is 4. The second-order valence-corrected chi connectivity index (χ2v) is 5.68. The Balaban J connectivity index is 2.40. The van der Waals surface area contributed by atoms with Gasteiger partial charge in [-0.1, -0.05) is 26.7 Å². The summed E-state index contributed by atoms with van der Waals surface area (Å²) in [4.78, 5) is 0. The van der Waals surface area contributed by atoms with Crippen LogP contribution in [0.5, 0.6) is 0 Å². The third-order valence-electron chi connectivity index (χ3n) is 4.00. The molecule has 0 saturated heterocycles. The van der Waals surface area contributed by atoms with Crippen molar-refractivity contribution in [2.75, 3.05) is 0 Å². The summed E-state index contributed by atoms with van der Waals surface area (Å²) in [5, 5.41) is -0.673. The van der Waals surface area contributed by atoms with E-state index in [2.05, 4.69) is 0 Å². The van der Waals surface area contributed by atoms with Gasteiger partial charge < -0.3 is 4.42 Å². The van der Waals surface area contributed by atoms with Crippen LogP contribution in [0, 0.1) is 23.3 Å². The average Bonchev–Trinajstić information content (AvgIpc) is 2.88. The summed E-state index contributed by atoms with van der Waals surface area (Å²) in [7, 11) is 0. The SMILES string of the molecule is CCCc1cc2oc3cc(CCC)c(F)c(F)c3c2c(F)c1F. The van der Waals surface area contributed by atoms with Crippen LogP contribution in [0.3, 0.4) is 0 Å².